The average Bonchev–Trinajstić information content (AvgIpc) is 2.79. The molecule has 0 fully saturated rings. The van der Waals surface area contributed by atoms with Gasteiger partial charge in [0.2, 0.25) is 5.91 Å². The van der Waals surface area contributed by atoms with E-state index >= 15 is 0 Å². The van der Waals surface area contributed by atoms with Crippen LogP contribution in [0.25, 0.3) is 0 Å². The maximum absolute atomic E-state index is 13.3. The number of ether oxygens (including phenoxy) is 1. The first kappa shape index (κ1) is 21.9. The molecule has 0 radical (unpaired) electrons. The van der Waals surface area contributed by atoms with Gasteiger partial charge in [-0.15, -0.1) is 0 Å². The van der Waals surface area contributed by atoms with Crippen LogP contribution in [0.3, 0.4) is 0 Å². The second-order valence-corrected chi connectivity index (χ2v) is 7.56. The number of Topliss-reactive ketones (excluding diaryl/α,β-unsaturated/α-hetero) is 1. The molecule has 6 heteroatoms. The predicted octanol–water partition coefficient (Wildman–Crippen LogP) is 3.14. The molecule has 0 aromatic carbocycles. The van der Waals surface area contributed by atoms with E-state index in [1.165, 1.54) is 7.11 Å². The number of carbonyl (C=O) groups is 3. The maximum atomic E-state index is 13.3. The van der Waals surface area contributed by atoms with Gasteiger partial charge in [-0.25, -0.2) is 4.79 Å². The lowest BCUT2D eigenvalue weighted by Gasteiger charge is -2.31. The van der Waals surface area contributed by atoms with Crippen LogP contribution in [0.15, 0.2) is 0 Å². The van der Waals surface area contributed by atoms with Crippen LogP contribution in [0.4, 0.5) is 0 Å². The fourth-order valence-electron chi connectivity index (χ4n) is 3.24. The topological polar surface area (TPSA) is 68.6 Å². The zero-order valence-corrected chi connectivity index (χ0v) is 17.5. The number of esters is 1. The Kier molecular flexibility index (Phi) is 7.18. The van der Waals surface area contributed by atoms with Gasteiger partial charge in [-0.3, -0.25) is 9.59 Å². The second kappa shape index (κ2) is 8.52. The van der Waals surface area contributed by atoms with Gasteiger partial charge in [0.1, 0.15) is 5.69 Å². The van der Waals surface area contributed by atoms with Crippen LogP contribution < -0.4 is 0 Å². The van der Waals surface area contributed by atoms with E-state index in [1.807, 2.05) is 27.7 Å². The molecular weight excluding hydrogens is 332 g/mol. The van der Waals surface area contributed by atoms with Crippen molar-refractivity contribution in [2.45, 2.75) is 54.5 Å². The first-order chi connectivity index (χ1) is 11.9. The highest BCUT2D eigenvalue weighted by Gasteiger charge is 2.33. The highest BCUT2D eigenvalue weighted by Crippen LogP contribution is 2.25. The van der Waals surface area contributed by atoms with E-state index in [1.54, 1.807) is 37.3 Å². The van der Waals surface area contributed by atoms with Crippen LogP contribution in [0.1, 0.15) is 66.7 Å². The molecule has 1 amide bonds. The van der Waals surface area contributed by atoms with Crippen molar-refractivity contribution < 1.29 is 19.1 Å². The van der Waals surface area contributed by atoms with Gasteiger partial charge in [0.15, 0.2) is 5.78 Å². The predicted molar refractivity (Wildman–Crippen MR) is 101 cm³/mol. The number of aromatic nitrogens is 1. The Bertz CT molecular complexity index is 701. The minimum atomic E-state index is -0.599. The first-order valence-corrected chi connectivity index (χ1v) is 9.04. The van der Waals surface area contributed by atoms with Crippen molar-refractivity contribution >= 4 is 17.7 Å². The highest BCUT2D eigenvalue weighted by molar-refractivity contribution is 6.06. The minimum absolute atomic E-state index is 0.0426. The van der Waals surface area contributed by atoms with Gasteiger partial charge in [-0.2, -0.15) is 0 Å². The average molecular weight is 364 g/mol. The van der Waals surface area contributed by atoms with Gasteiger partial charge >= 0.3 is 5.97 Å². The summed E-state index contributed by atoms with van der Waals surface area (Å²) in [5.74, 6) is -0.611. The van der Waals surface area contributed by atoms with Crippen LogP contribution in [0.5, 0.6) is 0 Å². The standard InChI is InChI=1S/C20H32N2O4/c1-11(2)10-22(19(24)12(3)4)15(7)18(23)16-13(5)17(20(25)26-9)21(8)14(16)6/h11-12,15H,10H2,1-9H3. The van der Waals surface area contributed by atoms with E-state index in [4.69, 9.17) is 4.74 Å². The van der Waals surface area contributed by atoms with Gasteiger partial charge in [0.05, 0.1) is 13.2 Å². The van der Waals surface area contributed by atoms with Crippen molar-refractivity contribution in [2.24, 2.45) is 18.9 Å². The third kappa shape index (κ3) is 4.17. The maximum Gasteiger partial charge on any atom is 0.354 e. The number of hydrogen-bond donors (Lipinski definition) is 0. The number of methoxy groups -OCH3 is 1. The number of ketones is 1. The number of nitrogens with zero attached hydrogens (tertiary/aromatic N) is 2. The fourth-order valence-corrected chi connectivity index (χ4v) is 3.24. The molecule has 0 bridgehead atoms. The lowest BCUT2D eigenvalue weighted by molar-refractivity contribution is -0.136. The van der Waals surface area contributed by atoms with Crippen molar-refractivity contribution in [1.29, 1.82) is 0 Å². The molecule has 6 nitrogen and oxygen atoms in total. The fraction of sp³-hybridized carbons (Fsp3) is 0.650. The Balaban J connectivity index is 3.37. The van der Waals surface area contributed by atoms with Gasteiger partial charge in [-0.1, -0.05) is 27.7 Å². The molecule has 0 aliphatic heterocycles. The van der Waals surface area contributed by atoms with Crippen LogP contribution in [-0.2, 0) is 16.6 Å². The molecule has 0 saturated carbocycles. The Morgan fingerprint density at radius 2 is 1.62 bits per heavy atom. The summed E-state index contributed by atoms with van der Waals surface area (Å²) in [5, 5.41) is 0. The molecule has 1 heterocycles. The van der Waals surface area contributed by atoms with E-state index < -0.39 is 12.0 Å². The van der Waals surface area contributed by atoms with Gasteiger partial charge in [0, 0.05) is 30.8 Å². The number of carbonyl (C=O) groups excluding carboxylic acids is 3. The van der Waals surface area contributed by atoms with Gasteiger partial charge in [0.25, 0.3) is 0 Å². The molecule has 0 N–H and O–H groups in total. The number of amides is 1. The summed E-state index contributed by atoms with van der Waals surface area (Å²) in [6, 6.07) is -0.599. The quantitative estimate of drug-likeness (QED) is 0.550. The Morgan fingerprint density at radius 3 is 2.04 bits per heavy atom. The van der Waals surface area contributed by atoms with Crippen LogP contribution in [0.2, 0.25) is 0 Å². The largest absolute Gasteiger partial charge is 0.464 e. The molecule has 1 rings (SSSR count). The zero-order chi connectivity index (χ0) is 20.3. The van der Waals surface area contributed by atoms with Crippen molar-refractivity contribution in [3.63, 3.8) is 0 Å². The SMILES string of the molecule is COC(=O)c1c(C)c(C(=O)C(C)N(CC(C)C)C(=O)C(C)C)c(C)n1C. The lowest BCUT2D eigenvalue weighted by atomic mass is 9.98. The Morgan fingerprint density at radius 1 is 1.08 bits per heavy atom. The van der Waals surface area contributed by atoms with E-state index in [9.17, 15) is 14.4 Å². The van der Waals surface area contributed by atoms with Crippen LogP contribution >= 0.6 is 0 Å². The van der Waals surface area contributed by atoms with E-state index in [-0.39, 0.29) is 23.5 Å². The molecule has 0 spiro atoms. The molecular formula is C20H32N2O4. The molecule has 1 aromatic rings. The van der Waals surface area contributed by atoms with Gasteiger partial charge < -0.3 is 14.2 Å². The van der Waals surface area contributed by atoms with Crippen molar-refractivity contribution in [1.82, 2.24) is 9.47 Å². The zero-order valence-electron chi connectivity index (χ0n) is 17.5. The summed E-state index contributed by atoms with van der Waals surface area (Å²) in [6.07, 6.45) is 0. The van der Waals surface area contributed by atoms with Crippen molar-refractivity contribution in [3.05, 3.63) is 22.5 Å². The monoisotopic (exact) mass is 364 g/mol. The number of hydrogen-bond acceptors (Lipinski definition) is 4. The highest BCUT2D eigenvalue weighted by atomic mass is 16.5. The molecule has 1 aromatic heterocycles. The molecule has 0 aliphatic rings. The third-order valence-electron chi connectivity index (χ3n) is 4.74. The summed E-state index contributed by atoms with van der Waals surface area (Å²) < 4.78 is 6.52. The minimum Gasteiger partial charge on any atom is -0.464 e. The van der Waals surface area contributed by atoms with E-state index in [0.717, 1.165) is 0 Å². The van der Waals surface area contributed by atoms with Crippen molar-refractivity contribution in [3.8, 4) is 0 Å². The normalized spacial score (nSPS) is 12.4. The van der Waals surface area contributed by atoms with Crippen molar-refractivity contribution in [2.75, 3.05) is 13.7 Å². The summed E-state index contributed by atoms with van der Waals surface area (Å²) in [5.41, 5.74) is 2.15. The Labute approximate surface area is 156 Å². The molecule has 0 saturated heterocycles. The lowest BCUT2D eigenvalue weighted by Crippen LogP contribution is -2.47. The first-order valence-electron chi connectivity index (χ1n) is 9.04. The Hall–Kier alpha value is -2.11. The summed E-state index contributed by atoms with van der Waals surface area (Å²) in [6.45, 7) is 13.5. The van der Waals surface area contributed by atoms with Crippen LogP contribution in [0, 0.1) is 25.7 Å². The molecule has 26 heavy (non-hydrogen) atoms. The summed E-state index contributed by atoms with van der Waals surface area (Å²) in [7, 11) is 3.06. The summed E-state index contributed by atoms with van der Waals surface area (Å²) >= 11 is 0. The van der Waals surface area contributed by atoms with E-state index in [0.29, 0.717) is 29.1 Å². The molecule has 146 valence electrons. The molecule has 1 unspecified atom stereocenters. The van der Waals surface area contributed by atoms with Crippen LogP contribution in [-0.4, -0.2) is 46.8 Å². The number of rotatable bonds is 7. The third-order valence-corrected chi connectivity index (χ3v) is 4.74. The summed E-state index contributed by atoms with van der Waals surface area (Å²) in [4.78, 5) is 39.6. The van der Waals surface area contributed by atoms with Gasteiger partial charge in [-0.05, 0) is 32.3 Å². The van der Waals surface area contributed by atoms with E-state index in [2.05, 4.69) is 0 Å². The molecule has 0 aliphatic carbocycles. The molecule has 1 atom stereocenters. The smallest absolute Gasteiger partial charge is 0.354 e. The second-order valence-electron chi connectivity index (χ2n) is 7.56.